The highest BCUT2D eigenvalue weighted by atomic mass is 19.1. The van der Waals surface area contributed by atoms with Crippen LogP contribution < -0.4 is 16.4 Å². The van der Waals surface area contributed by atoms with Crippen LogP contribution in [0.15, 0.2) is 66.9 Å². The van der Waals surface area contributed by atoms with Crippen molar-refractivity contribution in [3.8, 4) is 11.3 Å². The second-order valence-electron chi connectivity index (χ2n) is 14.7. The number of carbonyl (C=O) groups is 5. The molecule has 3 unspecified atom stereocenters. The second kappa shape index (κ2) is 17.2. The standard InChI is InChI=1S/C39H47F2N7O6/c1-39(2,3)35(36-44-31(27-20-25(40)12-13-28(27)41)22-46(36)21-24-8-5-4-6-9-24)48(34(52)23-49)18-16-29(42)38(54)45-30-11-7-10-26(30)37(53)43-17-19-47-32(50)14-15-33(47)51/h4-6,8-9,12-15,20,22,26,29-30,35,49H,7,10-11,16-19,21,23,42H2,1-3H3,(H,43,53)(H,45,54)/t26?,29-,30?,35?/m0/s1. The second-order valence-corrected chi connectivity index (χ2v) is 14.7. The summed E-state index contributed by atoms with van der Waals surface area (Å²) in [7, 11) is 0. The fourth-order valence-electron chi connectivity index (χ4n) is 7.08. The molecular formula is C39H47F2N7O6. The average Bonchev–Trinajstić information content (AvgIpc) is 3.85. The molecule has 13 nitrogen and oxygen atoms in total. The van der Waals surface area contributed by atoms with Crippen LogP contribution in [0.2, 0.25) is 0 Å². The van der Waals surface area contributed by atoms with E-state index in [4.69, 9.17) is 10.7 Å². The first-order chi connectivity index (χ1) is 25.7. The third-order valence-corrected chi connectivity index (χ3v) is 9.77. The minimum atomic E-state index is -1.09. The maximum absolute atomic E-state index is 15.0. The zero-order chi connectivity index (χ0) is 39.2. The molecule has 54 heavy (non-hydrogen) atoms. The van der Waals surface area contributed by atoms with Gasteiger partial charge in [-0.1, -0.05) is 57.5 Å². The number of amides is 5. The van der Waals surface area contributed by atoms with E-state index in [9.17, 15) is 33.5 Å². The summed E-state index contributed by atoms with van der Waals surface area (Å²) in [5, 5.41) is 15.8. The Morgan fingerprint density at radius 2 is 1.76 bits per heavy atom. The van der Waals surface area contributed by atoms with Crippen molar-refractivity contribution in [3.05, 3.63) is 89.9 Å². The lowest BCUT2D eigenvalue weighted by atomic mass is 9.84. The summed E-state index contributed by atoms with van der Waals surface area (Å²) in [5.74, 6) is -3.84. The van der Waals surface area contributed by atoms with Gasteiger partial charge in [-0.05, 0) is 48.4 Å². The van der Waals surface area contributed by atoms with Crippen LogP contribution in [-0.4, -0.2) is 92.3 Å². The number of nitrogens with one attached hydrogen (secondary N) is 2. The van der Waals surface area contributed by atoms with E-state index in [1.54, 1.807) is 10.8 Å². The van der Waals surface area contributed by atoms with Gasteiger partial charge in [0.2, 0.25) is 17.7 Å². The molecular weight excluding hydrogens is 700 g/mol. The summed E-state index contributed by atoms with van der Waals surface area (Å²) in [6, 6.07) is 10.1. The van der Waals surface area contributed by atoms with Gasteiger partial charge in [0.15, 0.2) is 0 Å². The van der Waals surface area contributed by atoms with E-state index in [0.29, 0.717) is 25.1 Å². The summed E-state index contributed by atoms with van der Waals surface area (Å²) in [6.45, 7) is 5.14. The predicted octanol–water partition coefficient (Wildman–Crippen LogP) is 2.83. The van der Waals surface area contributed by atoms with Crippen LogP contribution in [0.25, 0.3) is 11.3 Å². The third-order valence-electron chi connectivity index (χ3n) is 9.77. The van der Waals surface area contributed by atoms with E-state index in [-0.39, 0.29) is 49.8 Å². The number of nitrogens with two attached hydrogens (primary N) is 1. The molecule has 1 aliphatic carbocycles. The summed E-state index contributed by atoms with van der Waals surface area (Å²) in [5.41, 5.74) is 6.66. The van der Waals surface area contributed by atoms with Crippen LogP contribution >= 0.6 is 0 Å². The molecule has 1 saturated carbocycles. The quantitative estimate of drug-likeness (QED) is 0.172. The number of hydrogen-bond acceptors (Lipinski definition) is 8. The molecule has 15 heteroatoms. The van der Waals surface area contributed by atoms with Gasteiger partial charge in [0.1, 0.15) is 24.1 Å². The molecule has 2 heterocycles. The number of benzene rings is 2. The van der Waals surface area contributed by atoms with Crippen molar-refractivity contribution in [2.75, 3.05) is 26.2 Å². The van der Waals surface area contributed by atoms with Gasteiger partial charge >= 0.3 is 0 Å². The molecule has 5 N–H and O–H groups in total. The van der Waals surface area contributed by atoms with Crippen molar-refractivity contribution >= 4 is 29.5 Å². The van der Waals surface area contributed by atoms with Gasteiger partial charge in [0.25, 0.3) is 11.8 Å². The Hall–Kier alpha value is -5.28. The zero-order valence-corrected chi connectivity index (χ0v) is 30.6. The minimum Gasteiger partial charge on any atom is -0.387 e. The molecule has 2 aromatic carbocycles. The Bertz CT molecular complexity index is 1880. The van der Waals surface area contributed by atoms with Gasteiger partial charge in [-0.25, -0.2) is 13.8 Å². The Labute approximate surface area is 312 Å². The van der Waals surface area contributed by atoms with E-state index < -0.39 is 71.3 Å². The van der Waals surface area contributed by atoms with Gasteiger partial charge in [0.05, 0.1) is 23.7 Å². The van der Waals surface area contributed by atoms with E-state index >= 15 is 4.39 Å². The van der Waals surface area contributed by atoms with E-state index in [0.717, 1.165) is 28.7 Å². The molecule has 2 aliphatic rings. The van der Waals surface area contributed by atoms with Crippen molar-refractivity contribution < 1.29 is 37.9 Å². The van der Waals surface area contributed by atoms with Gasteiger partial charge in [0, 0.05) is 56.1 Å². The van der Waals surface area contributed by atoms with Crippen molar-refractivity contribution in [3.63, 3.8) is 0 Å². The van der Waals surface area contributed by atoms with E-state index in [1.165, 1.54) is 17.1 Å². The van der Waals surface area contributed by atoms with Crippen LogP contribution in [0.1, 0.15) is 63.9 Å². The Morgan fingerprint density at radius 3 is 2.43 bits per heavy atom. The van der Waals surface area contributed by atoms with Gasteiger partial charge in [-0.15, -0.1) is 0 Å². The monoisotopic (exact) mass is 747 g/mol. The number of aromatic nitrogens is 2. The lowest BCUT2D eigenvalue weighted by Crippen LogP contribution is -2.51. The highest BCUT2D eigenvalue weighted by Crippen LogP contribution is 2.39. The van der Waals surface area contributed by atoms with Crippen molar-refractivity contribution in [1.29, 1.82) is 0 Å². The van der Waals surface area contributed by atoms with E-state index in [1.807, 2.05) is 51.1 Å². The van der Waals surface area contributed by atoms with Crippen molar-refractivity contribution in [2.24, 2.45) is 17.1 Å². The van der Waals surface area contributed by atoms with Gasteiger partial charge in [-0.2, -0.15) is 0 Å². The molecule has 288 valence electrons. The highest BCUT2D eigenvalue weighted by Gasteiger charge is 2.39. The molecule has 0 saturated heterocycles. The maximum Gasteiger partial charge on any atom is 0.253 e. The SMILES string of the molecule is CC(C)(C)C(c1nc(-c2cc(F)ccc2F)cn1Cc1ccccc1)N(CC[C@H](N)C(=O)NC1CCCC1C(=O)NCCN1C(=O)C=CC1=O)C(=O)CO. The summed E-state index contributed by atoms with van der Waals surface area (Å²) in [4.78, 5) is 70.8. The first-order valence-electron chi connectivity index (χ1n) is 18.0. The molecule has 1 fully saturated rings. The Kier molecular flexibility index (Phi) is 12.7. The summed E-state index contributed by atoms with van der Waals surface area (Å²) in [6.07, 6.45) is 5.70. The smallest absolute Gasteiger partial charge is 0.253 e. The highest BCUT2D eigenvalue weighted by molar-refractivity contribution is 6.12. The van der Waals surface area contributed by atoms with Crippen LogP contribution in [0.5, 0.6) is 0 Å². The fraction of sp³-hybridized carbons (Fsp3) is 0.436. The number of rotatable bonds is 15. The topological polar surface area (TPSA) is 180 Å². The molecule has 1 aliphatic heterocycles. The molecule has 0 spiro atoms. The number of nitrogens with zero attached hydrogens (tertiary/aromatic N) is 4. The molecule has 5 rings (SSSR count). The predicted molar refractivity (Wildman–Crippen MR) is 195 cm³/mol. The van der Waals surface area contributed by atoms with Gasteiger partial charge < -0.3 is 30.9 Å². The Balaban J connectivity index is 1.32. The number of carbonyl (C=O) groups excluding carboxylic acids is 5. The van der Waals surface area contributed by atoms with Crippen LogP contribution in [0.3, 0.4) is 0 Å². The number of imidazole rings is 1. The van der Waals surface area contributed by atoms with E-state index in [2.05, 4.69) is 10.6 Å². The molecule has 4 atom stereocenters. The molecule has 0 radical (unpaired) electrons. The first-order valence-corrected chi connectivity index (χ1v) is 18.0. The minimum absolute atomic E-state index is 0.00948. The molecule has 0 bridgehead atoms. The normalized spacial score (nSPS) is 18.2. The average molecular weight is 748 g/mol. The molecule has 1 aromatic heterocycles. The summed E-state index contributed by atoms with van der Waals surface area (Å²) >= 11 is 0. The lowest BCUT2D eigenvalue weighted by Gasteiger charge is -2.40. The van der Waals surface area contributed by atoms with Gasteiger partial charge in [-0.3, -0.25) is 28.9 Å². The number of aliphatic hydroxyl groups excluding tert-OH is 1. The Morgan fingerprint density at radius 1 is 1.06 bits per heavy atom. The van der Waals surface area contributed by atoms with Crippen LogP contribution in [0, 0.1) is 23.0 Å². The largest absolute Gasteiger partial charge is 0.387 e. The van der Waals surface area contributed by atoms with Crippen molar-refractivity contribution in [1.82, 2.24) is 30.0 Å². The zero-order valence-electron chi connectivity index (χ0n) is 30.6. The summed E-state index contributed by atoms with van der Waals surface area (Å²) < 4.78 is 31.1. The molecule has 3 aromatic rings. The molecule has 5 amide bonds. The number of hydrogen-bond donors (Lipinski definition) is 4. The van der Waals surface area contributed by atoms with Crippen molar-refractivity contribution in [2.45, 2.75) is 71.1 Å². The third kappa shape index (κ3) is 9.44. The fourth-order valence-corrected chi connectivity index (χ4v) is 7.08. The maximum atomic E-state index is 15.0. The first kappa shape index (κ1) is 39.9. The lowest BCUT2D eigenvalue weighted by molar-refractivity contribution is -0.140. The number of halogens is 2. The van der Waals surface area contributed by atoms with Crippen LogP contribution in [-0.2, 0) is 30.5 Å². The van der Waals surface area contributed by atoms with Crippen LogP contribution in [0.4, 0.5) is 8.78 Å². The number of imide groups is 1. The number of aliphatic hydroxyl groups is 1.